The predicted molar refractivity (Wildman–Crippen MR) is 63.1 cm³/mol. The van der Waals surface area contributed by atoms with Crippen LogP contribution < -0.4 is 15.4 Å². The van der Waals surface area contributed by atoms with Gasteiger partial charge in [0.25, 0.3) is 5.91 Å². The van der Waals surface area contributed by atoms with E-state index in [1.807, 2.05) is 0 Å². The fourth-order valence-electron chi connectivity index (χ4n) is 1.64. The molecule has 0 fully saturated rings. The standard InChI is InChI=1S/C11H11ClN2O3/c12-7-1-2-9-8(5-7)14(4-3-10(13)15)11(16)6-17-9/h1-2,5H,3-4,6H2,(H2,13,15). The summed E-state index contributed by atoms with van der Waals surface area (Å²) < 4.78 is 5.26. The van der Waals surface area contributed by atoms with Crippen LogP contribution in [-0.4, -0.2) is 25.0 Å². The van der Waals surface area contributed by atoms with Crippen molar-refractivity contribution in [3.8, 4) is 5.75 Å². The van der Waals surface area contributed by atoms with E-state index < -0.39 is 5.91 Å². The molecule has 0 radical (unpaired) electrons. The van der Waals surface area contributed by atoms with Gasteiger partial charge in [-0.3, -0.25) is 9.59 Å². The highest BCUT2D eigenvalue weighted by Crippen LogP contribution is 2.34. The van der Waals surface area contributed by atoms with Crippen molar-refractivity contribution in [3.63, 3.8) is 0 Å². The van der Waals surface area contributed by atoms with Crippen molar-refractivity contribution in [2.45, 2.75) is 6.42 Å². The second-order valence-corrected chi connectivity index (χ2v) is 4.10. The van der Waals surface area contributed by atoms with E-state index in [9.17, 15) is 9.59 Å². The molecule has 5 nitrogen and oxygen atoms in total. The number of fused-ring (bicyclic) bond motifs is 1. The van der Waals surface area contributed by atoms with Gasteiger partial charge in [-0.25, -0.2) is 0 Å². The summed E-state index contributed by atoms with van der Waals surface area (Å²) in [5, 5.41) is 0.506. The molecule has 2 rings (SSSR count). The van der Waals surface area contributed by atoms with E-state index in [0.717, 1.165) is 0 Å². The number of ether oxygens (including phenoxy) is 1. The molecule has 6 heteroatoms. The molecule has 17 heavy (non-hydrogen) atoms. The molecule has 0 bridgehead atoms. The van der Waals surface area contributed by atoms with E-state index in [1.165, 1.54) is 4.90 Å². The fourth-order valence-corrected chi connectivity index (χ4v) is 1.81. The number of nitrogens with zero attached hydrogens (tertiary/aromatic N) is 1. The zero-order valence-corrected chi connectivity index (χ0v) is 9.74. The highest BCUT2D eigenvalue weighted by Gasteiger charge is 2.25. The minimum atomic E-state index is -0.451. The predicted octanol–water partition coefficient (Wildman–Crippen LogP) is 0.941. The smallest absolute Gasteiger partial charge is 0.265 e. The molecule has 0 saturated carbocycles. The van der Waals surface area contributed by atoms with Gasteiger partial charge in [0.15, 0.2) is 6.61 Å². The van der Waals surface area contributed by atoms with Gasteiger partial charge in [-0.05, 0) is 18.2 Å². The van der Waals surface area contributed by atoms with Crippen LogP contribution in [0.15, 0.2) is 18.2 Å². The normalized spacial score (nSPS) is 14.2. The van der Waals surface area contributed by atoms with Crippen LogP contribution in [0.4, 0.5) is 5.69 Å². The quantitative estimate of drug-likeness (QED) is 0.873. The van der Waals surface area contributed by atoms with Gasteiger partial charge in [0.05, 0.1) is 5.69 Å². The molecule has 1 heterocycles. The van der Waals surface area contributed by atoms with Crippen molar-refractivity contribution < 1.29 is 14.3 Å². The molecule has 0 unspecified atom stereocenters. The fraction of sp³-hybridized carbons (Fsp3) is 0.273. The van der Waals surface area contributed by atoms with Crippen molar-refractivity contribution in [3.05, 3.63) is 23.2 Å². The second kappa shape index (κ2) is 4.63. The van der Waals surface area contributed by atoms with Gasteiger partial charge in [-0.1, -0.05) is 11.6 Å². The number of rotatable bonds is 3. The number of hydrogen-bond acceptors (Lipinski definition) is 3. The van der Waals surface area contributed by atoms with Crippen LogP contribution >= 0.6 is 11.6 Å². The first-order chi connectivity index (χ1) is 8.08. The first-order valence-corrected chi connectivity index (χ1v) is 5.47. The zero-order valence-electron chi connectivity index (χ0n) is 8.98. The lowest BCUT2D eigenvalue weighted by molar-refractivity contribution is -0.121. The molecule has 1 aliphatic rings. The third-order valence-corrected chi connectivity index (χ3v) is 2.68. The molecule has 0 aromatic heterocycles. The van der Waals surface area contributed by atoms with E-state index in [1.54, 1.807) is 18.2 Å². The number of hydrogen-bond donors (Lipinski definition) is 1. The summed E-state index contributed by atoms with van der Waals surface area (Å²) >= 11 is 5.87. The lowest BCUT2D eigenvalue weighted by Crippen LogP contribution is -2.40. The molecular weight excluding hydrogens is 244 g/mol. The summed E-state index contributed by atoms with van der Waals surface area (Å²) in [5.74, 6) is -0.0765. The SMILES string of the molecule is NC(=O)CCN1C(=O)COc2ccc(Cl)cc21. The number of benzene rings is 1. The minimum absolute atomic E-state index is 0.0343. The van der Waals surface area contributed by atoms with Gasteiger partial charge in [0.2, 0.25) is 5.91 Å². The van der Waals surface area contributed by atoms with E-state index in [0.29, 0.717) is 16.5 Å². The summed E-state index contributed by atoms with van der Waals surface area (Å²) in [6, 6.07) is 5.01. The van der Waals surface area contributed by atoms with Gasteiger partial charge < -0.3 is 15.4 Å². The van der Waals surface area contributed by atoms with E-state index in [-0.39, 0.29) is 25.5 Å². The Balaban J connectivity index is 2.28. The molecule has 0 atom stereocenters. The maximum Gasteiger partial charge on any atom is 0.265 e. The summed E-state index contributed by atoms with van der Waals surface area (Å²) in [5.41, 5.74) is 5.65. The molecular formula is C11H11ClN2O3. The summed E-state index contributed by atoms with van der Waals surface area (Å²) in [7, 11) is 0. The van der Waals surface area contributed by atoms with Crippen LogP contribution in [0, 0.1) is 0 Å². The van der Waals surface area contributed by atoms with Gasteiger partial charge in [-0.15, -0.1) is 0 Å². The van der Waals surface area contributed by atoms with Crippen molar-refractivity contribution >= 4 is 29.1 Å². The number of carbonyl (C=O) groups is 2. The Morgan fingerprint density at radius 2 is 2.29 bits per heavy atom. The zero-order chi connectivity index (χ0) is 12.4. The lowest BCUT2D eigenvalue weighted by atomic mass is 10.2. The van der Waals surface area contributed by atoms with Crippen LogP contribution in [0.1, 0.15) is 6.42 Å². The lowest BCUT2D eigenvalue weighted by Gasteiger charge is -2.29. The number of anilines is 1. The molecule has 1 aliphatic heterocycles. The first kappa shape index (κ1) is 11.7. The minimum Gasteiger partial charge on any atom is -0.482 e. The second-order valence-electron chi connectivity index (χ2n) is 3.66. The molecule has 0 aliphatic carbocycles. The number of primary amides is 1. The molecule has 1 aromatic rings. The molecule has 0 spiro atoms. The van der Waals surface area contributed by atoms with Crippen molar-refractivity contribution in [1.29, 1.82) is 0 Å². The first-order valence-electron chi connectivity index (χ1n) is 5.09. The van der Waals surface area contributed by atoms with Crippen molar-refractivity contribution in [1.82, 2.24) is 0 Å². The Bertz CT molecular complexity index is 476. The summed E-state index contributed by atoms with van der Waals surface area (Å²) in [6.45, 7) is 0.207. The Morgan fingerprint density at radius 1 is 1.53 bits per heavy atom. The highest BCUT2D eigenvalue weighted by atomic mass is 35.5. The average Bonchev–Trinajstić information content (AvgIpc) is 2.27. The molecule has 1 aromatic carbocycles. The van der Waals surface area contributed by atoms with Gasteiger partial charge in [0, 0.05) is 18.0 Å². The van der Waals surface area contributed by atoms with Crippen LogP contribution in [0.3, 0.4) is 0 Å². The number of amides is 2. The van der Waals surface area contributed by atoms with Crippen molar-refractivity contribution in [2.24, 2.45) is 5.73 Å². The van der Waals surface area contributed by atoms with Gasteiger partial charge in [-0.2, -0.15) is 0 Å². The number of carbonyl (C=O) groups excluding carboxylic acids is 2. The monoisotopic (exact) mass is 254 g/mol. The highest BCUT2D eigenvalue weighted by molar-refractivity contribution is 6.31. The van der Waals surface area contributed by atoms with Crippen LogP contribution in [0.5, 0.6) is 5.75 Å². The summed E-state index contributed by atoms with van der Waals surface area (Å²) in [6.07, 6.45) is 0.109. The van der Waals surface area contributed by atoms with Crippen LogP contribution in [0.25, 0.3) is 0 Å². The Kier molecular flexibility index (Phi) is 3.19. The number of halogens is 1. The molecule has 0 saturated heterocycles. The summed E-state index contributed by atoms with van der Waals surface area (Å²) in [4.78, 5) is 23.9. The molecule has 2 N–H and O–H groups in total. The van der Waals surface area contributed by atoms with Crippen LogP contribution in [-0.2, 0) is 9.59 Å². The van der Waals surface area contributed by atoms with E-state index in [4.69, 9.17) is 22.1 Å². The van der Waals surface area contributed by atoms with E-state index >= 15 is 0 Å². The average molecular weight is 255 g/mol. The van der Waals surface area contributed by atoms with Gasteiger partial charge >= 0.3 is 0 Å². The number of nitrogens with two attached hydrogens (primary N) is 1. The maximum absolute atomic E-state index is 11.7. The Labute approximate surface area is 103 Å². The molecule has 90 valence electrons. The third kappa shape index (κ3) is 2.50. The van der Waals surface area contributed by atoms with Crippen LogP contribution in [0.2, 0.25) is 5.02 Å². The molecule has 2 amide bonds. The maximum atomic E-state index is 11.7. The Hall–Kier alpha value is -1.75. The van der Waals surface area contributed by atoms with E-state index in [2.05, 4.69) is 0 Å². The van der Waals surface area contributed by atoms with Crippen molar-refractivity contribution in [2.75, 3.05) is 18.1 Å². The third-order valence-electron chi connectivity index (χ3n) is 2.45. The van der Waals surface area contributed by atoms with Gasteiger partial charge in [0.1, 0.15) is 5.75 Å². The Morgan fingerprint density at radius 3 is 3.00 bits per heavy atom. The largest absolute Gasteiger partial charge is 0.482 e. The topological polar surface area (TPSA) is 72.6 Å².